The summed E-state index contributed by atoms with van der Waals surface area (Å²) in [6.45, 7) is 2.21. The molecule has 2 aliphatic heterocycles. The SMILES string of the molecule is CC1C(=O)NC(=O)CN1C(=O)c1noc(C2CCCN2)n1. The highest BCUT2D eigenvalue weighted by Gasteiger charge is 2.36. The molecule has 2 aliphatic rings. The first kappa shape index (κ1) is 13.7. The normalized spacial score (nSPS) is 26.0. The first-order valence-electron chi connectivity index (χ1n) is 6.78. The van der Waals surface area contributed by atoms with E-state index in [0.717, 1.165) is 24.3 Å². The molecule has 2 unspecified atom stereocenters. The molecule has 3 rings (SSSR count). The summed E-state index contributed by atoms with van der Waals surface area (Å²) in [4.78, 5) is 40.5. The Balaban J connectivity index is 1.78. The molecule has 0 bridgehead atoms. The molecule has 2 atom stereocenters. The van der Waals surface area contributed by atoms with Gasteiger partial charge in [0, 0.05) is 0 Å². The van der Waals surface area contributed by atoms with Crippen molar-refractivity contribution in [2.24, 2.45) is 0 Å². The van der Waals surface area contributed by atoms with Crippen LogP contribution in [0.5, 0.6) is 0 Å². The molecule has 0 spiro atoms. The summed E-state index contributed by atoms with van der Waals surface area (Å²) in [6, 6.07) is -0.787. The number of rotatable bonds is 2. The van der Waals surface area contributed by atoms with Crippen LogP contribution in [0, 0.1) is 0 Å². The van der Waals surface area contributed by atoms with Crippen molar-refractivity contribution in [2.75, 3.05) is 13.1 Å². The lowest BCUT2D eigenvalue weighted by atomic mass is 10.2. The second kappa shape index (κ2) is 5.24. The summed E-state index contributed by atoms with van der Waals surface area (Å²) in [7, 11) is 0. The third kappa shape index (κ3) is 2.51. The molecule has 0 radical (unpaired) electrons. The van der Waals surface area contributed by atoms with Gasteiger partial charge in [-0.15, -0.1) is 0 Å². The summed E-state index contributed by atoms with van der Waals surface area (Å²) in [6.07, 6.45) is 1.88. The van der Waals surface area contributed by atoms with E-state index in [0.29, 0.717) is 5.89 Å². The van der Waals surface area contributed by atoms with E-state index in [-0.39, 0.29) is 18.4 Å². The first-order valence-corrected chi connectivity index (χ1v) is 6.78. The van der Waals surface area contributed by atoms with E-state index < -0.39 is 23.8 Å². The highest BCUT2D eigenvalue weighted by Crippen LogP contribution is 2.21. The lowest BCUT2D eigenvalue weighted by molar-refractivity contribution is -0.138. The Morgan fingerprint density at radius 1 is 1.43 bits per heavy atom. The third-order valence-corrected chi connectivity index (χ3v) is 3.68. The van der Waals surface area contributed by atoms with E-state index in [4.69, 9.17) is 4.52 Å². The van der Waals surface area contributed by atoms with Crippen LogP contribution in [0.4, 0.5) is 0 Å². The van der Waals surface area contributed by atoms with Gasteiger partial charge in [0.15, 0.2) is 0 Å². The number of hydrogen-bond donors (Lipinski definition) is 2. The average molecular weight is 293 g/mol. The fourth-order valence-corrected chi connectivity index (χ4v) is 2.45. The summed E-state index contributed by atoms with van der Waals surface area (Å²) in [5.74, 6) is -1.39. The number of aromatic nitrogens is 2. The number of carbonyl (C=O) groups is 3. The van der Waals surface area contributed by atoms with Crippen LogP contribution in [-0.4, -0.2) is 51.9 Å². The summed E-state index contributed by atoms with van der Waals surface area (Å²) < 4.78 is 5.09. The van der Waals surface area contributed by atoms with Crippen LogP contribution in [0.15, 0.2) is 4.52 Å². The fourth-order valence-electron chi connectivity index (χ4n) is 2.45. The van der Waals surface area contributed by atoms with E-state index in [2.05, 4.69) is 20.8 Å². The van der Waals surface area contributed by atoms with E-state index in [1.165, 1.54) is 0 Å². The molecule has 3 heterocycles. The minimum Gasteiger partial charge on any atom is -0.337 e. The van der Waals surface area contributed by atoms with Gasteiger partial charge in [-0.05, 0) is 26.3 Å². The molecular weight excluding hydrogens is 278 g/mol. The van der Waals surface area contributed by atoms with Crippen molar-refractivity contribution in [3.63, 3.8) is 0 Å². The van der Waals surface area contributed by atoms with Crippen LogP contribution in [0.3, 0.4) is 0 Å². The van der Waals surface area contributed by atoms with Crippen molar-refractivity contribution in [3.05, 3.63) is 11.7 Å². The number of nitrogens with zero attached hydrogens (tertiary/aromatic N) is 3. The largest absolute Gasteiger partial charge is 0.337 e. The minimum absolute atomic E-state index is 0.0391. The Kier molecular flexibility index (Phi) is 3.42. The predicted octanol–water partition coefficient (Wildman–Crippen LogP) is -1.02. The monoisotopic (exact) mass is 293 g/mol. The molecule has 21 heavy (non-hydrogen) atoms. The zero-order chi connectivity index (χ0) is 15.0. The third-order valence-electron chi connectivity index (χ3n) is 3.68. The Morgan fingerprint density at radius 2 is 2.24 bits per heavy atom. The van der Waals surface area contributed by atoms with Gasteiger partial charge in [0.1, 0.15) is 12.6 Å². The molecule has 112 valence electrons. The zero-order valence-corrected chi connectivity index (χ0v) is 11.5. The lowest BCUT2D eigenvalue weighted by Gasteiger charge is -2.30. The lowest BCUT2D eigenvalue weighted by Crippen LogP contribution is -2.58. The molecule has 0 aromatic carbocycles. The molecule has 2 fully saturated rings. The van der Waals surface area contributed by atoms with Crippen molar-refractivity contribution in [2.45, 2.75) is 31.8 Å². The Labute approximate surface area is 120 Å². The molecule has 0 aliphatic carbocycles. The molecule has 0 saturated carbocycles. The number of nitrogens with one attached hydrogen (secondary N) is 2. The van der Waals surface area contributed by atoms with Gasteiger partial charge in [0.05, 0.1) is 6.04 Å². The Bertz CT molecular complexity index is 592. The quantitative estimate of drug-likeness (QED) is 0.670. The van der Waals surface area contributed by atoms with Crippen molar-refractivity contribution in [3.8, 4) is 0 Å². The maximum absolute atomic E-state index is 12.3. The maximum atomic E-state index is 12.3. The highest BCUT2D eigenvalue weighted by atomic mass is 16.5. The predicted molar refractivity (Wildman–Crippen MR) is 67.9 cm³/mol. The van der Waals surface area contributed by atoms with E-state index in [9.17, 15) is 14.4 Å². The fraction of sp³-hybridized carbons (Fsp3) is 0.583. The van der Waals surface area contributed by atoms with Crippen LogP contribution in [0.1, 0.15) is 42.3 Å². The topological polar surface area (TPSA) is 117 Å². The van der Waals surface area contributed by atoms with E-state index in [1.807, 2.05) is 0 Å². The first-order chi connectivity index (χ1) is 10.1. The number of carbonyl (C=O) groups excluding carboxylic acids is 3. The molecule has 1 aromatic heterocycles. The molecule has 3 amide bonds. The Hall–Kier alpha value is -2.29. The van der Waals surface area contributed by atoms with Crippen LogP contribution in [0.2, 0.25) is 0 Å². The molecule has 9 nitrogen and oxygen atoms in total. The average Bonchev–Trinajstić information content (AvgIpc) is 3.11. The molecule has 9 heteroatoms. The van der Waals surface area contributed by atoms with Gasteiger partial charge in [0.25, 0.3) is 11.7 Å². The van der Waals surface area contributed by atoms with Crippen LogP contribution in [0.25, 0.3) is 0 Å². The molecule has 2 saturated heterocycles. The van der Waals surface area contributed by atoms with Gasteiger partial charge >= 0.3 is 0 Å². The second-order valence-electron chi connectivity index (χ2n) is 5.13. The maximum Gasteiger partial charge on any atom is 0.296 e. The van der Waals surface area contributed by atoms with Gasteiger partial charge < -0.3 is 14.7 Å². The van der Waals surface area contributed by atoms with Gasteiger partial charge in [-0.25, -0.2) is 0 Å². The summed E-state index contributed by atoms with van der Waals surface area (Å²) in [5.41, 5.74) is 0. The van der Waals surface area contributed by atoms with Crippen molar-refractivity contribution in [1.82, 2.24) is 25.7 Å². The standard InChI is InChI=1S/C12H15N5O4/c1-6-10(19)14-8(18)5-17(6)12(20)9-15-11(21-16-9)7-3-2-4-13-7/h6-7,13H,2-5H2,1H3,(H,14,18,19). The highest BCUT2D eigenvalue weighted by molar-refractivity contribution is 6.06. The molecule has 2 N–H and O–H groups in total. The molecule has 1 aromatic rings. The van der Waals surface area contributed by atoms with Crippen molar-refractivity contribution < 1.29 is 18.9 Å². The minimum atomic E-state index is -0.748. The second-order valence-corrected chi connectivity index (χ2v) is 5.13. The number of imide groups is 1. The van der Waals surface area contributed by atoms with Gasteiger partial charge in [0.2, 0.25) is 17.7 Å². The van der Waals surface area contributed by atoms with Crippen LogP contribution < -0.4 is 10.6 Å². The smallest absolute Gasteiger partial charge is 0.296 e. The van der Waals surface area contributed by atoms with Crippen molar-refractivity contribution in [1.29, 1.82) is 0 Å². The Morgan fingerprint density at radius 3 is 2.95 bits per heavy atom. The number of hydrogen-bond acceptors (Lipinski definition) is 7. The molecular formula is C12H15N5O4. The van der Waals surface area contributed by atoms with Gasteiger partial charge in [-0.3, -0.25) is 19.7 Å². The van der Waals surface area contributed by atoms with Crippen LogP contribution >= 0.6 is 0 Å². The van der Waals surface area contributed by atoms with E-state index in [1.54, 1.807) is 6.92 Å². The van der Waals surface area contributed by atoms with Crippen molar-refractivity contribution >= 4 is 17.7 Å². The van der Waals surface area contributed by atoms with E-state index >= 15 is 0 Å². The summed E-state index contributed by atoms with van der Waals surface area (Å²) in [5, 5.41) is 9.02. The summed E-state index contributed by atoms with van der Waals surface area (Å²) >= 11 is 0. The number of amides is 3. The number of piperazine rings is 1. The zero-order valence-electron chi connectivity index (χ0n) is 11.5. The van der Waals surface area contributed by atoms with Gasteiger partial charge in [-0.2, -0.15) is 4.98 Å². The van der Waals surface area contributed by atoms with Gasteiger partial charge in [-0.1, -0.05) is 5.16 Å². The van der Waals surface area contributed by atoms with Crippen LogP contribution in [-0.2, 0) is 9.59 Å².